The molecule has 0 aliphatic carbocycles. The maximum absolute atomic E-state index is 10.5. The number of aliphatic carboxylic acids is 1. The second kappa shape index (κ2) is 4.22. The third kappa shape index (κ3) is 1.88. The zero-order valence-electron chi connectivity index (χ0n) is 7.70. The van der Waals surface area contributed by atoms with Gasteiger partial charge in [-0.3, -0.25) is 0 Å². The van der Waals surface area contributed by atoms with Crippen LogP contribution < -0.4 is 0 Å². The minimum absolute atomic E-state index is 0.395. The molecule has 0 aromatic rings. The lowest BCUT2D eigenvalue weighted by molar-refractivity contribution is -0.264. The van der Waals surface area contributed by atoms with Gasteiger partial charge in [-0.2, -0.15) is 0 Å². The van der Waals surface area contributed by atoms with Gasteiger partial charge >= 0.3 is 5.97 Å². The number of carbonyl (C=O) groups is 1. The van der Waals surface area contributed by atoms with Crippen molar-refractivity contribution in [3.8, 4) is 0 Å². The summed E-state index contributed by atoms with van der Waals surface area (Å²) in [6.07, 6.45) is -5.29. The Bertz CT molecular complexity index is 218. The highest BCUT2D eigenvalue weighted by Crippen LogP contribution is 2.27. The maximum Gasteiger partial charge on any atom is 0.335 e. The predicted molar refractivity (Wildman–Crippen MR) is 44.3 cm³/mol. The van der Waals surface area contributed by atoms with Crippen LogP contribution in [0.5, 0.6) is 0 Å². The Morgan fingerprint density at radius 1 is 1.29 bits per heavy atom. The summed E-state index contributed by atoms with van der Waals surface area (Å²) in [6.45, 7) is 1.70. The molecule has 5 unspecified atom stereocenters. The van der Waals surface area contributed by atoms with E-state index in [1.165, 1.54) is 0 Å². The first kappa shape index (κ1) is 11.4. The number of rotatable bonds is 2. The standard InChI is InChI=1S/C8H14O6/c1-2-3-4(9)5(10)6(7(11)12)14-8(3)13/h3-6,8-10,13H,2H2,1H3,(H,11,12). The molecule has 0 aromatic carbocycles. The van der Waals surface area contributed by atoms with E-state index in [1.807, 2.05) is 0 Å². The highest BCUT2D eigenvalue weighted by Gasteiger charge is 2.45. The number of carboxylic acids is 1. The minimum Gasteiger partial charge on any atom is -0.479 e. The first-order valence-electron chi connectivity index (χ1n) is 4.41. The van der Waals surface area contributed by atoms with Crippen LogP contribution in [0.1, 0.15) is 13.3 Å². The van der Waals surface area contributed by atoms with Crippen LogP contribution in [0.15, 0.2) is 0 Å². The first-order valence-corrected chi connectivity index (χ1v) is 4.41. The van der Waals surface area contributed by atoms with Gasteiger partial charge in [0.25, 0.3) is 0 Å². The Kier molecular flexibility index (Phi) is 3.43. The zero-order chi connectivity index (χ0) is 10.9. The Morgan fingerprint density at radius 3 is 2.29 bits per heavy atom. The molecule has 4 N–H and O–H groups in total. The van der Waals surface area contributed by atoms with E-state index in [4.69, 9.17) is 5.11 Å². The molecule has 1 aliphatic heterocycles. The van der Waals surface area contributed by atoms with Crippen LogP contribution in [0.3, 0.4) is 0 Å². The van der Waals surface area contributed by atoms with Crippen molar-refractivity contribution >= 4 is 5.97 Å². The normalized spacial score (nSPS) is 43.6. The van der Waals surface area contributed by atoms with Gasteiger partial charge in [0, 0.05) is 5.92 Å². The maximum atomic E-state index is 10.5. The summed E-state index contributed by atoms with van der Waals surface area (Å²) < 4.78 is 4.68. The largest absolute Gasteiger partial charge is 0.479 e. The van der Waals surface area contributed by atoms with E-state index >= 15 is 0 Å². The van der Waals surface area contributed by atoms with E-state index in [0.29, 0.717) is 6.42 Å². The van der Waals surface area contributed by atoms with Crippen molar-refractivity contribution in [2.45, 2.75) is 37.9 Å². The van der Waals surface area contributed by atoms with Crippen LogP contribution in [0.4, 0.5) is 0 Å². The Balaban J connectivity index is 2.77. The summed E-state index contributed by atoms with van der Waals surface area (Å²) >= 11 is 0. The highest BCUT2D eigenvalue weighted by molar-refractivity contribution is 5.73. The zero-order valence-corrected chi connectivity index (χ0v) is 7.70. The van der Waals surface area contributed by atoms with Crippen molar-refractivity contribution in [2.24, 2.45) is 5.92 Å². The lowest BCUT2D eigenvalue weighted by Crippen LogP contribution is -2.56. The molecule has 14 heavy (non-hydrogen) atoms. The molecule has 0 spiro atoms. The summed E-state index contributed by atoms with van der Waals surface area (Å²) in [7, 11) is 0. The van der Waals surface area contributed by atoms with Crippen LogP contribution >= 0.6 is 0 Å². The van der Waals surface area contributed by atoms with E-state index in [9.17, 15) is 20.1 Å². The van der Waals surface area contributed by atoms with Gasteiger partial charge in [0.1, 0.15) is 6.10 Å². The molecule has 1 fully saturated rings. The average Bonchev–Trinajstić information content (AvgIpc) is 2.12. The Hall–Kier alpha value is -0.690. The molecule has 0 saturated carbocycles. The van der Waals surface area contributed by atoms with Crippen molar-refractivity contribution in [2.75, 3.05) is 0 Å². The Morgan fingerprint density at radius 2 is 1.86 bits per heavy atom. The van der Waals surface area contributed by atoms with Gasteiger partial charge in [0.05, 0.1) is 6.10 Å². The molecule has 0 bridgehead atoms. The van der Waals surface area contributed by atoms with E-state index in [1.54, 1.807) is 6.92 Å². The molecule has 1 heterocycles. The SMILES string of the molecule is CCC1C(O)OC(C(=O)O)C(O)C1O. The van der Waals surface area contributed by atoms with Gasteiger partial charge in [-0.15, -0.1) is 0 Å². The summed E-state index contributed by atoms with van der Waals surface area (Å²) in [5.74, 6) is -2.05. The van der Waals surface area contributed by atoms with Crippen LogP contribution in [-0.2, 0) is 9.53 Å². The molecule has 1 aliphatic rings. The minimum atomic E-state index is -1.57. The van der Waals surface area contributed by atoms with Crippen LogP contribution in [0.25, 0.3) is 0 Å². The van der Waals surface area contributed by atoms with E-state index in [-0.39, 0.29) is 0 Å². The second-order valence-corrected chi connectivity index (χ2v) is 3.34. The van der Waals surface area contributed by atoms with Crippen molar-refractivity contribution in [1.29, 1.82) is 0 Å². The molecule has 5 atom stereocenters. The predicted octanol–water partition coefficient (Wildman–Crippen LogP) is -1.46. The van der Waals surface area contributed by atoms with Crippen molar-refractivity contribution in [1.82, 2.24) is 0 Å². The fraction of sp³-hybridized carbons (Fsp3) is 0.875. The molecule has 1 rings (SSSR count). The third-order valence-corrected chi connectivity index (χ3v) is 2.47. The topological polar surface area (TPSA) is 107 Å². The highest BCUT2D eigenvalue weighted by atomic mass is 16.6. The number of aliphatic hydroxyl groups is 3. The van der Waals surface area contributed by atoms with Gasteiger partial charge in [0.15, 0.2) is 12.4 Å². The summed E-state index contributed by atoms with van der Waals surface area (Å²) in [4.78, 5) is 10.5. The molecule has 0 aromatic heterocycles. The smallest absolute Gasteiger partial charge is 0.335 e. The second-order valence-electron chi connectivity index (χ2n) is 3.34. The fourth-order valence-electron chi connectivity index (χ4n) is 1.58. The van der Waals surface area contributed by atoms with Gasteiger partial charge in [-0.25, -0.2) is 4.79 Å². The van der Waals surface area contributed by atoms with Crippen molar-refractivity contribution in [3.05, 3.63) is 0 Å². The molecule has 0 radical (unpaired) electrons. The monoisotopic (exact) mass is 206 g/mol. The number of carboxylic acid groups (broad SMARTS) is 1. The van der Waals surface area contributed by atoms with Crippen LogP contribution in [-0.4, -0.2) is 51.0 Å². The molecule has 6 nitrogen and oxygen atoms in total. The molecule has 1 saturated heterocycles. The Labute approximate surface area is 80.7 Å². The summed E-state index contributed by atoms with van der Waals surface area (Å²) in [5.41, 5.74) is 0. The van der Waals surface area contributed by atoms with Crippen LogP contribution in [0.2, 0.25) is 0 Å². The van der Waals surface area contributed by atoms with Gasteiger partial charge in [-0.05, 0) is 6.42 Å². The number of hydrogen-bond donors (Lipinski definition) is 4. The van der Waals surface area contributed by atoms with Gasteiger partial charge in [0.2, 0.25) is 0 Å². The van der Waals surface area contributed by atoms with E-state index < -0.39 is 36.5 Å². The van der Waals surface area contributed by atoms with E-state index in [0.717, 1.165) is 0 Å². The van der Waals surface area contributed by atoms with Crippen molar-refractivity contribution in [3.63, 3.8) is 0 Å². The summed E-state index contributed by atoms with van der Waals surface area (Å²) in [5, 5.41) is 36.7. The first-order chi connectivity index (χ1) is 6.49. The van der Waals surface area contributed by atoms with Gasteiger partial charge in [-0.1, -0.05) is 6.92 Å². The fourth-order valence-corrected chi connectivity index (χ4v) is 1.58. The summed E-state index contributed by atoms with van der Waals surface area (Å²) in [6, 6.07) is 0. The van der Waals surface area contributed by atoms with E-state index in [2.05, 4.69) is 4.74 Å². The number of aliphatic hydroxyl groups excluding tert-OH is 3. The third-order valence-electron chi connectivity index (χ3n) is 2.47. The quantitative estimate of drug-likeness (QED) is 0.439. The molecule has 82 valence electrons. The molecular weight excluding hydrogens is 192 g/mol. The lowest BCUT2D eigenvalue weighted by Gasteiger charge is -2.38. The van der Waals surface area contributed by atoms with Crippen LogP contribution in [0, 0.1) is 5.92 Å². The molecule has 6 heteroatoms. The molecule has 0 amide bonds. The lowest BCUT2D eigenvalue weighted by atomic mass is 9.89. The van der Waals surface area contributed by atoms with Gasteiger partial charge < -0.3 is 25.2 Å². The number of ether oxygens (including phenoxy) is 1. The van der Waals surface area contributed by atoms with Crippen molar-refractivity contribution < 1.29 is 30.0 Å². The molecular formula is C8H14O6. The average molecular weight is 206 g/mol. The number of hydrogen-bond acceptors (Lipinski definition) is 5.